The second-order valence-corrected chi connectivity index (χ2v) is 15.2. The largest absolute Gasteiger partial charge is 0.478 e. The van der Waals surface area contributed by atoms with Gasteiger partial charge in [0.05, 0.1) is 23.0 Å². The summed E-state index contributed by atoms with van der Waals surface area (Å²) in [5.41, 5.74) is 0.609. The van der Waals surface area contributed by atoms with E-state index in [9.17, 15) is 19.2 Å². The minimum atomic E-state index is -1.000. The lowest BCUT2D eigenvalue weighted by atomic mass is 9.91. The van der Waals surface area contributed by atoms with E-state index in [2.05, 4.69) is 40.0 Å². The fourth-order valence-electron chi connectivity index (χ4n) is 7.52. The van der Waals surface area contributed by atoms with E-state index in [0.29, 0.717) is 36.2 Å². The number of carbonyl (C=O) groups is 4. The van der Waals surface area contributed by atoms with Crippen molar-refractivity contribution in [3.63, 3.8) is 0 Å². The topological polar surface area (TPSA) is 168 Å². The number of amides is 3. The molecular weight excluding hydrogens is 676 g/mol. The lowest BCUT2D eigenvalue weighted by Crippen LogP contribution is -2.56. The van der Waals surface area contributed by atoms with Gasteiger partial charge in [0, 0.05) is 115 Å². The molecule has 2 aliphatic carbocycles. The van der Waals surface area contributed by atoms with Gasteiger partial charge in [0.25, 0.3) is 5.91 Å². The molecule has 0 spiro atoms. The molecule has 2 aromatic rings. The van der Waals surface area contributed by atoms with E-state index in [0.717, 1.165) is 83.8 Å². The van der Waals surface area contributed by atoms with E-state index in [4.69, 9.17) is 5.11 Å². The van der Waals surface area contributed by atoms with Crippen LogP contribution in [-0.2, 0) is 9.59 Å². The number of carboxylic acid groups (broad SMARTS) is 1. The van der Waals surface area contributed by atoms with Gasteiger partial charge >= 0.3 is 5.97 Å². The van der Waals surface area contributed by atoms with Crippen molar-refractivity contribution >= 4 is 23.7 Å². The third kappa shape index (κ3) is 10.1. The Morgan fingerprint density at radius 2 is 1.04 bits per heavy atom. The molecule has 3 amide bonds. The number of likely N-dealkylation sites (tertiary alicyclic amines) is 1. The molecule has 2 saturated carbocycles. The van der Waals surface area contributed by atoms with Crippen molar-refractivity contribution in [3.8, 4) is 0 Å². The van der Waals surface area contributed by atoms with E-state index in [1.54, 1.807) is 31.1 Å². The summed E-state index contributed by atoms with van der Waals surface area (Å²) >= 11 is 0. The van der Waals surface area contributed by atoms with Gasteiger partial charge in [-0.15, -0.1) is 0 Å². The third-order valence-electron chi connectivity index (χ3n) is 11.6. The van der Waals surface area contributed by atoms with Crippen LogP contribution >= 0.6 is 0 Å². The highest BCUT2D eigenvalue weighted by atomic mass is 16.4. The lowest BCUT2D eigenvalue weighted by Gasteiger charge is -2.40. The third-order valence-corrected chi connectivity index (χ3v) is 11.6. The number of hydrogen-bond donors (Lipinski definition) is 2. The van der Waals surface area contributed by atoms with Gasteiger partial charge in [0.15, 0.2) is 0 Å². The molecule has 53 heavy (non-hydrogen) atoms. The molecule has 0 radical (unpaired) electrons. The predicted molar refractivity (Wildman–Crippen MR) is 197 cm³/mol. The lowest BCUT2D eigenvalue weighted by molar-refractivity contribution is -0.139. The van der Waals surface area contributed by atoms with Crippen molar-refractivity contribution < 1.29 is 24.3 Å². The highest BCUT2D eigenvalue weighted by Gasteiger charge is 2.39. The summed E-state index contributed by atoms with van der Waals surface area (Å²) in [6.45, 7) is 14.3. The number of rotatable bonds is 6. The van der Waals surface area contributed by atoms with Gasteiger partial charge in [-0.2, -0.15) is 0 Å². The molecule has 2 N–H and O–H groups in total. The Kier molecular flexibility index (Phi) is 13.3. The van der Waals surface area contributed by atoms with Gasteiger partial charge in [-0.3, -0.25) is 24.2 Å². The smallest absolute Gasteiger partial charge is 0.338 e. The fourth-order valence-corrected chi connectivity index (χ4v) is 7.52. The van der Waals surface area contributed by atoms with Crippen LogP contribution < -0.4 is 5.32 Å². The zero-order chi connectivity index (χ0) is 37.3. The van der Waals surface area contributed by atoms with Gasteiger partial charge in [-0.1, -0.05) is 12.8 Å². The summed E-state index contributed by atoms with van der Waals surface area (Å²) in [6, 6.07) is 1.58. The standard InChI is InChI=1S/C19H27N5O2.C13H23N3O.C6H6N2O2/c1-14-20-10-15(11-21-14)18(25)24-12-16(13-24)19(26)23-7-3-6-22(8-9-23)17-4-2-5-17;17-13(11-9-14-10-11)16-6-2-5-15(7-8-16)12-3-1-4-12;1-4-7-2-5(3-8-4)6(9)10/h10-11,16-17H,2-9,12-13H2,1H3;11-12,14H,1-10H2;2-3H,1H3,(H,9,10). The predicted octanol–water partition coefficient (Wildman–Crippen LogP) is 1.72. The first-order valence-corrected chi connectivity index (χ1v) is 19.5. The first kappa shape index (κ1) is 38.6. The van der Waals surface area contributed by atoms with Crippen LogP contribution in [0.3, 0.4) is 0 Å². The first-order chi connectivity index (χ1) is 25.7. The van der Waals surface area contributed by atoms with Gasteiger partial charge < -0.3 is 25.1 Å². The number of nitrogens with zero attached hydrogens (tertiary/aromatic N) is 9. The van der Waals surface area contributed by atoms with E-state index < -0.39 is 5.97 Å². The average Bonchev–Trinajstić information content (AvgIpc) is 3.44. The van der Waals surface area contributed by atoms with Crippen molar-refractivity contribution in [2.24, 2.45) is 11.8 Å². The second-order valence-electron chi connectivity index (χ2n) is 15.2. The molecule has 0 aromatic carbocycles. The van der Waals surface area contributed by atoms with Gasteiger partial charge in [0.2, 0.25) is 11.8 Å². The van der Waals surface area contributed by atoms with Crippen LogP contribution in [0.2, 0.25) is 0 Å². The minimum Gasteiger partial charge on any atom is -0.478 e. The van der Waals surface area contributed by atoms with Crippen LogP contribution in [0.1, 0.15) is 83.7 Å². The summed E-state index contributed by atoms with van der Waals surface area (Å²) in [5.74, 6) is 0.955. The average molecular weight is 733 g/mol. The Balaban J connectivity index is 0.000000152. The molecular formula is C38H56N10O5. The number of aryl methyl sites for hydroxylation is 2. The van der Waals surface area contributed by atoms with Gasteiger partial charge in [0.1, 0.15) is 11.6 Å². The fraction of sp³-hybridized carbons (Fsp3) is 0.684. The number of aromatic nitrogens is 4. The first-order valence-electron chi connectivity index (χ1n) is 19.5. The van der Waals surface area contributed by atoms with Crippen LogP contribution in [0.25, 0.3) is 0 Å². The minimum absolute atomic E-state index is 0.0550. The van der Waals surface area contributed by atoms with Crippen LogP contribution in [0.5, 0.6) is 0 Å². The zero-order valence-corrected chi connectivity index (χ0v) is 31.4. The Morgan fingerprint density at radius 1 is 0.585 bits per heavy atom. The Morgan fingerprint density at radius 3 is 1.43 bits per heavy atom. The Bertz CT molecular complexity index is 1540. The zero-order valence-electron chi connectivity index (χ0n) is 31.4. The molecule has 8 rings (SSSR count). The maximum absolute atomic E-state index is 12.8. The number of carboxylic acids is 1. The van der Waals surface area contributed by atoms with E-state index in [1.807, 2.05) is 4.90 Å². The summed E-state index contributed by atoms with van der Waals surface area (Å²) in [5, 5.41) is 11.6. The van der Waals surface area contributed by atoms with Crippen LogP contribution in [0, 0.1) is 25.7 Å². The maximum Gasteiger partial charge on any atom is 0.338 e. The normalized spacial score (nSPS) is 21.9. The molecule has 6 fully saturated rings. The van der Waals surface area contributed by atoms with Crippen molar-refractivity contribution in [3.05, 3.63) is 47.6 Å². The number of nitrogens with one attached hydrogen (secondary N) is 1. The van der Waals surface area contributed by atoms with Crippen LogP contribution in [0.4, 0.5) is 0 Å². The van der Waals surface area contributed by atoms with Crippen molar-refractivity contribution in [1.29, 1.82) is 0 Å². The molecule has 0 unspecified atom stereocenters. The molecule has 6 aliphatic rings. The van der Waals surface area contributed by atoms with Gasteiger partial charge in [-0.25, -0.2) is 24.7 Å². The summed E-state index contributed by atoms with van der Waals surface area (Å²) in [4.78, 5) is 74.2. The van der Waals surface area contributed by atoms with Crippen LogP contribution in [0.15, 0.2) is 24.8 Å². The summed E-state index contributed by atoms with van der Waals surface area (Å²) in [7, 11) is 0. The molecule has 6 heterocycles. The van der Waals surface area contributed by atoms with E-state index >= 15 is 0 Å². The van der Waals surface area contributed by atoms with Crippen molar-refractivity contribution in [2.75, 3.05) is 78.5 Å². The molecule has 2 aromatic heterocycles. The molecule has 4 aliphatic heterocycles. The number of aromatic carboxylic acids is 1. The van der Waals surface area contributed by atoms with Crippen molar-refractivity contribution in [2.45, 2.75) is 77.3 Å². The highest BCUT2D eigenvalue weighted by molar-refractivity contribution is 5.95. The molecule has 15 heteroatoms. The molecule has 288 valence electrons. The summed E-state index contributed by atoms with van der Waals surface area (Å²) < 4.78 is 0. The van der Waals surface area contributed by atoms with Gasteiger partial charge in [-0.05, 0) is 52.4 Å². The molecule has 15 nitrogen and oxygen atoms in total. The summed E-state index contributed by atoms with van der Waals surface area (Å²) in [6.07, 6.45) is 16.0. The monoisotopic (exact) mass is 732 g/mol. The molecule has 0 bridgehead atoms. The maximum atomic E-state index is 12.8. The highest BCUT2D eigenvalue weighted by Crippen LogP contribution is 2.27. The van der Waals surface area contributed by atoms with E-state index in [1.165, 1.54) is 57.5 Å². The van der Waals surface area contributed by atoms with Crippen molar-refractivity contribution in [1.82, 2.24) is 49.8 Å². The number of hydrogen-bond acceptors (Lipinski definition) is 11. The molecule has 0 atom stereocenters. The Labute approximate surface area is 312 Å². The van der Waals surface area contributed by atoms with E-state index in [-0.39, 0.29) is 29.2 Å². The quantitative estimate of drug-likeness (QED) is 0.442. The Hall–Kier alpha value is -4.08. The van der Waals surface area contributed by atoms with Crippen LogP contribution in [-0.4, -0.2) is 164 Å². The molecule has 4 saturated heterocycles. The number of carbonyl (C=O) groups excluding carboxylic acids is 3. The second kappa shape index (κ2) is 18.3. The SMILES string of the molecule is Cc1ncc(C(=O)N2CC(C(=O)N3CCCN(C4CCC4)CC3)C2)cn1.Cc1ncc(C(=O)O)cn1.O=C(C1CNC1)N1CCCN(C2CCC2)CC1.